The van der Waals surface area contributed by atoms with Crippen LogP contribution in [0.3, 0.4) is 0 Å². The van der Waals surface area contributed by atoms with Gasteiger partial charge in [0.25, 0.3) is 0 Å². The van der Waals surface area contributed by atoms with Crippen molar-refractivity contribution in [2.75, 3.05) is 0 Å². The molecular formula is O2SnZn. The smallest absolute Gasteiger partial charge is 0 e. The average molecular weight is 216 g/mol. The molecule has 0 radical (unpaired) electrons. The van der Waals surface area contributed by atoms with Crippen LogP contribution < -0.4 is 0 Å². The van der Waals surface area contributed by atoms with E-state index in [9.17, 15) is 0 Å². The van der Waals surface area contributed by atoms with Crippen molar-refractivity contribution in [3.05, 3.63) is 0 Å². The summed E-state index contributed by atoms with van der Waals surface area (Å²) in [7, 11) is 0. The van der Waals surface area contributed by atoms with Crippen LogP contribution in [0.1, 0.15) is 0 Å². The zero-order valence-electron chi connectivity index (χ0n) is 2.02. The first-order valence-corrected chi connectivity index (χ1v) is 2.74. The van der Waals surface area contributed by atoms with Crippen LogP contribution in [-0.4, -0.2) is 21.1 Å². The van der Waals surface area contributed by atoms with Gasteiger partial charge in [0.2, 0.25) is 0 Å². The summed E-state index contributed by atoms with van der Waals surface area (Å²) in [4.78, 5) is 0. The third-order valence-corrected chi connectivity index (χ3v) is 0. The van der Waals surface area contributed by atoms with Gasteiger partial charge in [0, 0.05) is 19.5 Å². The molecule has 0 rings (SSSR count). The Balaban J connectivity index is 0. The summed E-state index contributed by atoms with van der Waals surface area (Å²) in [5.74, 6) is 0. The maximum atomic E-state index is 8.54. The predicted octanol–water partition coefficient (Wildman–Crippen LogP) is -0.621. The second-order valence-corrected chi connectivity index (χ2v) is 0.559. The molecule has 0 aromatic carbocycles. The molecule has 0 aromatic rings. The first kappa shape index (κ1) is 8.90. The van der Waals surface area contributed by atoms with Gasteiger partial charge in [0.15, 0.2) is 0 Å². The summed E-state index contributed by atoms with van der Waals surface area (Å²) in [6, 6.07) is 0. The molecule has 18 valence electrons. The molecule has 0 fully saturated rings. The Hall–Kier alpha value is 1.02. The van der Waals surface area contributed by atoms with E-state index in [1.165, 1.54) is 0 Å². The molecule has 0 aliphatic heterocycles. The molecule has 0 unspecified atom stereocenters. The van der Waals surface area contributed by atoms with Crippen LogP contribution in [-0.2, 0) is 25.6 Å². The fourth-order valence-electron chi connectivity index (χ4n) is 0. The summed E-state index contributed by atoms with van der Waals surface area (Å²) < 4.78 is 17.1. The summed E-state index contributed by atoms with van der Waals surface area (Å²) in [5, 5.41) is 0. The van der Waals surface area contributed by atoms with E-state index in [0.717, 1.165) is 0 Å². The zero-order chi connectivity index (χ0) is 2.71. The Morgan fingerprint density at radius 2 is 1.25 bits per heavy atom. The van der Waals surface area contributed by atoms with Crippen LogP contribution in [0.2, 0.25) is 0 Å². The van der Waals surface area contributed by atoms with Gasteiger partial charge in [0.1, 0.15) is 0 Å². The second kappa shape index (κ2) is 8.98. The van der Waals surface area contributed by atoms with E-state index >= 15 is 0 Å². The molecule has 4 heteroatoms. The number of rotatable bonds is 0. The Kier molecular flexibility index (Phi) is 20.0. The minimum absolute atomic E-state index is 0. The molecular weight excluding hydrogens is 216 g/mol. The van der Waals surface area contributed by atoms with E-state index in [2.05, 4.69) is 0 Å². The number of hydrogen-bond donors (Lipinski definition) is 0. The van der Waals surface area contributed by atoms with E-state index in [-0.39, 0.29) is 19.5 Å². The topological polar surface area (TPSA) is 34.1 Å². The van der Waals surface area contributed by atoms with E-state index in [4.69, 9.17) is 6.15 Å². The molecule has 0 saturated carbocycles. The molecule has 0 N–H and O–H groups in total. The predicted molar refractivity (Wildman–Crippen MR) is 7.13 cm³/mol. The van der Waals surface area contributed by atoms with E-state index in [0.29, 0.717) is 0 Å². The molecule has 0 atom stereocenters. The molecule has 0 heterocycles. The van der Waals surface area contributed by atoms with Crippen molar-refractivity contribution in [3.8, 4) is 0 Å². The van der Waals surface area contributed by atoms with Gasteiger partial charge >= 0.3 is 27.3 Å². The normalized spacial score (nSPS) is 2.00. The molecule has 0 saturated heterocycles. The van der Waals surface area contributed by atoms with Gasteiger partial charge in [-0.2, -0.15) is 0 Å². The Morgan fingerprint density at radius 1 is 1.25 bits per heavy atom. The minimum atomic E-state index is -2.27. The van der Waals surface area contributed by atoms with Crippen LogP contribution in [0, 0.1) is 0 Å². The van der Waals surface area contributed by atoms with Crippen molar-refractivity contribution >= 4 is 21.1 Å². The maximum Gasteiger partial charge on any atom is 0 e. The Labute approximate surface area is 46.7 Å². The van der Waals surface area contributed by atoms with E-state index in [1.807, 2.05) is 0 Å². The Bertz CT molecular complexity index is 27.0. The average Bonchev–Trinajstić information content (AvgIpc) is 0.918. The van der Waals surface area contributed by atoms with Crippen LogP contribution >= 0.6 is 0 Å². The van der Waals surface area contributed by atoms with Crippen molar-refractivity contribution in [1.82, 2.24) is 0 Å². The molecule has 0 bridgehead atoms. The first-order valence-electron chi connectivity index (χ1n) is 0.408. The quantitative estimate of drug-likeness (QED) is 0.506. The standard InChI is InChI=1S/2O.Sn.Zn. The third-order valence-electron chi connectivity index (χ3n) is 0. The number of hydrogen-bond acceptors (Lipinski definition) is 2. The van der Waals surface area contributed by atoms with Gasteiger partial charge in [-0.25, -0.2) is 0 Å². The minimum Gasteiger partial charge on any atom is 0 e. The van der Waals surface area contributed by atoms with Crippen LogP contribution in [0.4, 0.5) is 0 Å². The molecule has 0 spiro atoms. The van der Waals surface area contributed by atoms with Gasteiger partial charge in [-0.1, -0.05) is 0 Å². The zero-order valence-corrected chi connectivity index (χ0v) is 7.84. The van der Waals surface area contributed by atoms with Crippen molar-refractivity contribution in [1.29, 1.82) is 0 Å². The summed E-state index contributed by atoms with van der Waals surface area (Å²) in [5.41, 5.74) is 0. The summed E-state index contributed by atoms with van der Waals surface area (Å²) in [6.45, 7) is 0. The second-order valence-electron chi connectivity index (χ2n) is 0.0833. The SMILES string of the molecule is [O]=[Sn]=[O].[Zn]. The van der Waals surface area contributed by atoms with Crippen molar-refractivity contribution in [3.63, 3.8) is 0 Å². The molecule has 0 aliphatic carbocycles. The monoisotopic (exact) mass is 216 g/mol. The fraction of sp³-hybridized carbons (Fsp3) is 0. The molecule has 0 aliphatic rings. The van der Waals surface area contributed by atoms with Crippen LogP contribution in [0.15, 0.2) is 0 Å². The summed E-state index contributed by atoms with van der Waals surface area (Å²) in [6.07, 6.45) is 0. The van der Waals surface area contributed by atoms with Crippen LogP contribution in [0.25, 0.3) is 0 Å². The third kappa shape index (κ3) is 11.8. The summed E-state index contributed by atoms with van der Waals surface area (Å²) >= 11 is -2.27. The fourth-order valence-corrected chi connectivity index (χ4v) is 0. The Morgan fingerprint density at radius 3 is 1.25 bits per heavy atom. The molecule has 0 amide bonds. The van der Waals surface area contributed by atoms with Gasteiger partial charge < -0.3 is 0 Å². The van der Waals surface area contributed by atoms with Crippen molar-refractivity contribution in [2.24, 2.45) is 0 Å². The molecule has 0 aromatic heterocycles. The van der Waals surface area contributed by atoms with E-state index < -0.39 is 21.1 Å². The van der Waals surface area contributed by atoms with Gasteiger partial charge in [-0.05, 0) is 0 Å². The van der Waals surface area contributed by atoms with E-state index in [1.54, 1.807) is 0 Å². The van der Waals surface area contributed by atoms with Crippen molar-refractivity contribution < 1.29 is 25.6 Å². The van der Waals surface area contributed by atoms with Gasteiger partial charge in [-0.15, -0.1) is 0 Å². The first-order chi connectivity index (χ1) is 1.41. The van der Waals surface area contributed by atoms with Crippen molar-refractivity contribution in [2.45, 2.75) is 0 Å². The van der Waals surface area contributed by atoms with Crippen LogP contribution in [0.5, 0.6) is 0 Å². The van der Waals surface area contributed by atoms with Gasteiger partial charge in [-0.3, -0.25) is 0 Å². The molecule has 2 nitrogen and oxygen atoms in total. The maximum absolute atomic E-state index is 8.54. The molecule has 4 heavy (non-hydrogen) atoms. The van der Waals surface area contributed by atoms with Gasteiger partial charge in [0.05, 0.1) is 0 Å². The largest absolute Gasteiger partial charge is 0 e.